The lowest BCUT2D eigenvalue weighted by molar-refractivity contribution is -0.137. The predicted molar refractivity (Wildman–Crippen MR) is 213 cm³/mol. The zero-order valence-corrected chi connectivity index (χ0v) is 32.0. The minimum atomic E-state index is -1.04. The summed E-state index contributed by atoms with van der Waals surface area (Å²) in [5, 5.41) is 11.9. The number of hydrogen-bond donors (Lipinski definition) is 4. The molecule has 4 aromatic carbocycles. The van der Waals surface area contributed by atoms with E-state index in [1.807, 2.05) is 135 Å². The van der Waals surface area contributed by atoms with Gasteiger partial charge in [-0.15, -0.1) is 0 Å². The Morgan fingerprint density at radius 3 is 1.64 bits per heavy atom. The Bertz CT molecular complexity index is 1770. The molecule has 0 aliphatic carbocycles. The van der Waals surface area contributed by atoms with Crippen LogP contribution in [-0.4, -0.2) is 54.3 Å². The number of esters is 1. The maximum absolute atomic E-state index is 14.2. The van der Waals surface area contributed by atoms with Crippen molar-refractivity contribution in [3.05, 3.63) is 156 Å². The van der Waals surface area contributed by atoms with Gasteiger partial charge < -0.3 is 26.0 Å². The Balaban J connectivity index is 1.62. The molecule has 0 bridgehead atoms. The zero-order valence-electron chi connectivity index (χ0n) is 32.0. The molecule has 0 aliphatic heterocycles. The van der Waals surface area contributed by atoms with E-state index in [1.165, 1.54) is 19.1 Å². The second-order valence-corrected chi connectivity index (χ2v) is 13.8. The SMILES string of the molecule is CCOC(=O)/C=C/[C@H](CCC(=O)NC(c1ccccc1)(c1ccccc1)c1ccccc1)NC(=O)[C@H](Cc1ccccc1)NC(=O)[C@H](CC(C)C)NC(C)=O. The quantitative estimate of drug-likeness (QED) is 0.0547. The minimum Gasteiger partial charge on any atom is -0.463 e. The highest BCUT2D eigenvalue weighted by Crippen LogP contribution is 2.37. The van der Waals surface area contributed by atoms with E-state index in [4.69, 9.17) is 4.74 Å². The van der Waals surface area contributed by atoms with Gasteiger partial charge in [0.25, 0.3) is 0 Å². The molecule has 0 heterocycles. The Morgan fingerprint density at radius 1 is 0.673 bits per heavy atom. The Kier molecular flexibility index (Phi) is 15.9. The molecule has 0 saturated heterocycles. The van der Waals surface area contributed by atoms with E-state index in [1.54, 1.807) is 6.92 Å². The number of nitrogens with one attached hydrogen (secondary N) is 4. The van der Waals surface area contributed by atoms with Crippen molar-refractivity contribution in [1.29, 1.82) is 0 Å². The van der Waals surface area contributed by atoms with E-state index < -0.39 is 41.4 Å². The monoisotopic (exact) mass is 744 g/mol. The third-order valence-corrected chi connectivity index (χ3v) is 9.03. The number of rotatable bonds is 19. The molecule has 4 rings (SSSR count). The smallest absolute Gasteiger partial charge is 0.330 e. The molecule has 10 nitrogen and oxygen atoms in total. The highest BCUT2D eigenvalue weighted by atomic mass is 16.5. The fourth-order valence-corrected chi connectivity index (χ4v) is 6.50. The average Bonchev–Trinajstić information content (AvgIpc) is 3.18. The Morgan fingerprint density at radius 2 is 1.16 bits per heavy atom. The van der Waals surface area contributed by atoms with E-state index in [2.05, 4.69) is 21.3 Å². The molecule has 55 heavy (non-hydrogen) atoms. The zero-order chi connectivity index (χ0) is 39.6. The van der Waals surface area contributed by atoms with Crippen LogP contribution >= 0.6 is 0 Å². The summed E-state index contributed by atoms with van der Waals surface area (Å²) in [5.74, 6) is -2.16. The van der Waals surface area contributed by atoms with E-state index in [0.29, 0.717) is 6.42 Å². The van der Waals surface area contributed by atoms with E-state index >= 15 is 0 Å². The third kappa shape index (κ3) is 12.5. The van der Waals surface area contributed by atoms with Crippen molar-refractivity contribution in [3.8, 4) is 0 Å². The second-order valence-electron chi connectivity index (χ2n) is 13.8. The van der Waals surface area contributed by atoms with Crippen molar-refractivity contribution in [2.75, 3.05) is 6.61 Å². The Labute approximate surface area is 324 Å². The van der Waals surface area contributed by atoms with Crippen molar-refractivity contribution < 1.29 is 28.7 Å². The van der Waals surface area contributed by atoms with Crippen molar-refractivity contribution in [1.82, 2.24) is 21.3 Å². The molecule has 10 heteroatoms. The van der Waals surface area contributed by atoms with Crippen molar-refractivity contribution in [2.24, 2.45) is 5.92 Å². The van der Waals surface area contributed by atoms with Gasteiger partial charge in [-0.1, -0.05) is 141 Å². The van der Waals surface area contributed by atoms with Crippen molar-refractivity contribution in [2.45, 2.75) is 77.0 Å². The molecule has 4 N–H and O–H groups in total. The van der Waals surface area contributed by atoms with Gasteiger partial charge in [-0.25, -0.2) is 4.79 Å². The molecule has 0 aromatic heterocycles. The lowest BCUT2D eigenvalue weighted by atomic mass is 9.77. The predicted octanol–water partition coefficient (Wildman–Crippen LogP) is 5.76. The molecular weight excluding hydrogens is 693 g/mol. The van der Waals surface area contributed by atoms with Crippen LogP contribution in [-0.2, 0) is 40.7 Å². The van der Waals surface area contributed by atoms with Gasteiger partial charge in [0.15, 0.2) is 0 Å². The van der Waals surface area contributed by atoms with Gasteiger partial charge in [-0.05, 0) is 47.9 Å². The van der Waals surface area contributed by atoms with E-state index in [-0.39, 0.29) is 43.6 Å². The fraction of sp³-hybridized carbons (Fsp3) is 0.311. The first-order valence-corrected chi connectivity index (χ1v) is 18.8. The van der Waals surface area contributed by atoms with Crippen LogP contribution in [0, 0.1) is 5.92 Å². The molecule has 288 valence electrons. The van der Waals surface area contributed by atoms with Gasteiger partial charge >= 0.3 is 5.97 Å². The summed E-state index contributed by atoms with van der Waals surface area (Å²) in [6.07, 6.45) is 3.37. The first-order valence-electron chi connectivity index (χ1n) is 18.8. The first-order chi connectivity index (χ1) is 26.5. The van der Waals surface area contributed by atoms with Gasteiger partial charge in [0, 0.05) is 31.9 Å². The van der Waals surface area contributed by atoms with Crippen LogP contribution in [0.2, 0.25) is 0 Å². The first kappa shape index (κ1) is 41.7. The lowest BCUT2D eigenvalue weighted by Gasteiger charge is -2.37. The van der Waals surface area contributed by atoms with Crippen LogP contribution in [0.3, 0.4) is 0 Å². The van der Waals surface area contributed by atoms with Gasteiger partial charge in [0.2, 0.25) is 23.6 Å². The molecule has 3 atom stereocenters. The summed E-state index contributed by atoms with van der Waals surface area (Å²) in [6, 6.07) is 35.8. The fourth-order valence-electron chi connectivity index (χ4n) is 6.50. The van der Waals surface area contributed by atoms with Crippen molar-refractivity contribution >= 4 is 29.6 Å². The maximum Gasteiger partial charge on any atom is 0.330 e. The minimum absolute atomic E-state index is 0.0267. The lowest BCUT2D eigenvalue weighted by Crippen LogP contribution is -2.55. The molecule has 0 unspecified atom stereocenters. The summed E-state index contributed by atoms with van der Waals surface area (Å²) in [7, 11) is 0. The molecule has 0 radical (unpaired) electrons. The highest BCUT2D eigenvalue weighted by molar-refractivity contribution is 5.92. The molecular formula is C45H52N4O6. The summed E-state index contributed by atoms with van der Waals surface area (Å²) in [5.41, 5.74) is 2.36. The topological polar surface area (TPSA) is 143 Å². The second kappa shape index (κ2) is 21.0. The number of ether oxygens (including phenoxy) is 1. The van der Waals surface area contributed by atoms with Crippen molar-refractivity contribution in [3.63, 3.8) is 0 Å². The van der Waals surface area contributed by atoms with E-state index in [0.717, 1.165) is 22.3 Å². The largest absolute Gasteiger partial charge is 0.463 e. The van der Waals surface area contributed by atoms with Gasteiger partial charge in [-0.3, -0.25) is 19.2 Å². The number of amides is 4. The summed E-state index contributed by atoms with van der Waals surface area (Å²) in [6.45, 7) is 7.08. The van der Waals surface area contributed by atoms with Crippen LogP contribution in [0.25, 0.3) is 0 Å². The summed E-state index contributed by atoms with van der Waals surface area (Å²) in [4.78, 5) is 66.2. The average molecular weight is 745 g/mol. The van der Waals surface area contributed by atoms with Gasteiger partial charge in [0.1, 0.15) is 17.6 Å². The van der Waals surface area contributed by atoms with Crippen LogP contribution in [0.5, 0.6) is 0 Å². The van der Waals surface area contributed by atoms with Gasteiger partial charge in [-0.2, -0.15) is 0 Å². The van der Waals surface area contributed by atoms with Crippen LogP contribution in [0.15, 0.2) is 133 Å². The molecule has 4 aromatic rings. The molecule has 0 spiro atoms. The maximum atomic E-state index is 14.2. The molecule has 0 aliphatic rings. The summed E-state index contributed by atoms with van der Waals surface area (Å²) < 4.78 is 5.10. The van der Waals surface area contributed by atoms with Crippen LogP contribution in [0.1, 0.15) is 69.2 Å². The normalized spacial score (nSPS) is 13.0. The molecule has 0 fully saturated rings. The van der Waals surface area contributed by atoms with Crippen LogP contribution in [0.4, 0.5) is 0 Å². The Hall–Kier alpha value is -6.03. The number of hydrogen-bond acceptors (Lipinski definition) is 6. The van der Waals surface area contributed by atoms with Crippen LogP contribution < -0.4 is 21.3 Å². The van der Waals surface area contributed by atoms with Gasteiger partial charge in [0.05, 0.1) is 6.61 Å². The molecule has 4 amide bonds. The number of carbonyl (C=O) groups is 5. The number of carbonyl (C=O) groups excluding carboxylic acids is 5. The van der Waals surface area contributed by atoms with E-state index in [9.17, 15) is 24.0 Å². The standard InChI is InChI=1S/C45H52N4O6/c1-5-55-42(52)29-27-38(47-43(53)40(31-34-18-10-6-11-19-34)48-44(54)39(30-32(2)3)46-33(4)50)26-28-41(51)49-45(35-20-12-7-13-21-35,36-22-14-8-15-23-36)37-24-16-9-17-25-37/h6-25,27,29,32,38-40H,5,26,28,30-31H2,1-4H3,(H,46,50)(H,47,53)(H,48,54)(H,49,51)/b29-27+/t38-,39-,40-/m0/s1. The third-order valence-electron chi connectivity index (χ3n) is 9.03. The highest BCUT2D eigenvalue weighted by Gasteiger charge is 2.38. The molecule has 0 saturated carbocycles. The number of benzene rings is 4. The summed E-state index contributed by atoms with van der Waals surface area (Å²) >= 11 is 0.